The molecule has 1 aromatic heterocycles. The van der Waals surface area contributed by atoms with Gasteiger partial charge in [0.25, 0.3) is 0 Å². The summed E-state index contributed by atoms with van der Waals surface area (Å²) >= 11 is 0. The monoisotopic (exact) mass is 510 g/mol. The van der Waals surface area contributed by atoms with Crippen LogP contribution in [0.25, 0.3) is 0 Å². The van der Waals surface area contributed by atoms with Gasteiger partial charge in [0, 0.05) is 11.4 Å². The van der Waals surface area contributed by atoms with E-state index in [4.69, 9.17) is 19.9 Å². The Morgan fingerprint density at radius 1 is 1.00 bits per heavy atom. The lowest BCUT2D eigenvalue weighted by molar-refractivity contribution is -0.139. The Kier molecular flexibility index (Phi) is 7.44. The summed E-state index contributed by atoms with van der Waals surface area (Å²) in [5.41, 5.74) is 9.05. The maximum Gasteiger partial charge on any atom is 0.355 e. The van der Waals surface area contributed by atoms with Gasteiger partial charge in [0.05, 0.1) is 43.5 Å². The molecule has 0 radical (unpaired) electrons. The molecule has 4 rings (SSSR count). The van der Waals surface area contributed by atoms with Gasteiger partial charge in [0.2, 0.25) is 0 Å². The van der Waals surface area contributed by atoms with Crippen molar-refractivity contribution >= 4 is 17.6 Å². The molecule has 1 aliphatic heterocycles. The summed E-state index contributed by atoms with van der Waals surface area (Å²) in [4.78, 5) is 31.9. The van der Waals surface area contributed by atoms with Crippen LogP contribution in [0.3, 0.4) is 0 Å². The minimum Gasteiger partial charge on any atom is -0.466 e. The summed E-state index contributed by atoms with van der Waals surface area (Å²) in [5, 5.41) is 10.2. The number of carbonyl (C=O) groups excluding carboxylic acids is 2. The van der Waals surface area contributed by atoms with Gasteiger partial charge < -0.3 is 19.9 Å². The van der Waals surface area contributed by atoms with E-state index in [1.54, 1.807) is 54.7 Å². The predicted molar refractivity (Wildman–Crippen MR) is 140 cm³/mol. The van der Waals surface area contributed by atoms with Crippen LogP contribution in [0.2, 0.25) is 0 Å². The minimum absolute atomic E-state index is 0.00907. The second kappa shape index (κ2) is 10.9. The van der Waals surface area contributed by atoms with Crippen LogP contribution in [0.5, 0.6) is 11.5 Å². The van der Waals surface area contributed by atoms with E-state index in [2.05, 4.69) is 11.1 Å². The molecule has 1 atom stereocenters. The molecular weight excluding hydrogens is 484 g/mol. The molecule has 38 heavy (non-hydrogen) atoms. The summed E-state index contributed by atoms with van der Waals surface area (Å²) in [5.74, 6) is -1.42. The molecule has 0 amide bonds. The van der Waals surface area contributed by atoms with Gasteiger partial charge in [-0.1, -0.05) is 30.3 Å². The van der Waals surface area contributed by atoms with Crippen LogP contribution in [0.1, 0.15) is 22.7 Å². The Morgan fingerprint density at radius 2 is 1.71 bits per heavy atom. The van der Waals surface area contributed by atoms with Crippen molar-refractivity contribution in [3.63, 3.8) is 0 Å². The molecule has 0 saturated carbocycles. The number of nitriles is 1. The van der Waals surface area contributed by atoms with Crippen molar-refractivity contribution in [1.29, 1.82) is 5.26 Å². The number of methoxy groups -OCH3 is 2. The first-order valence-corrected chi connectivity index (χ1v) is 11.7. The molecule has 3 aromatic rings. The van der Waals surface area contributed by atoms with Crippen molar-refractivity contribution in [3.8, 4) is 17.6 Å². The number of nitrogens with two attached hydrogens (primary N) is 1. The van der Waals surface area contributed by atoms with Crippen LogP contribution in [0.4, 0.5) is 5.69 Å². The molecule has 0 aliphatic carbocycles. The van der Waals surface area contributed by atoms with Crippen molar-refractivity contribution < 1.29 is 23.8 Å². The number of carbonyl (C=O) groups is 2. The number of aromatic nitrogens is 1. The molecule has 2 aromatic carbocycles. The number of hydrogen-bond donors (Lipinski definition) is 1. The number of nitrogens with zero attached hydrogens (tertiary/aromatic N) is 3. The van der Waals surface area contributed by atoms with Gasteiger partial charge in [-0.2, -0.15) is 5.26 Å². The zero-order valence-corrected chi connectivity index (χ0v) is 21.4. The van der Waals surface area contributed by atoms with E-state index in [0.29, 0.717) is 28.3 Å². The van der Waals surface area contributed by atoms with Crippen molar-refractivity contribution in [2.75, 3.05) is 19.1 Å². The maximum absolute atomic E-state index is 13.2. The highest BCUT2D eigenvalue weighted by Crippen LogP contribution is 2.43. The number of anilines is 1. The molecule has 192 valence electrons. The Labute approximate surface area is 220 Å². The van der Waals surface area contributed by atoms with Gasteiger partial charge in [-0.05, 0) is 55.3 Å². The summed E-state index contributed by atoms with van der Waals surface area (Å²) in [6.07, 6.45) is 1.62. The van der Waals surface area contributed by atoms with Gasteiger partial charge >= 0.3 is 11.9 Å². The number of benzene rings is 2. The normalized spacial score (nSPS) is 15.1. The molecule has 0 saturated heterocycles. The minimum atomic E-state index is -0.934. The number of hydrogen-bond acceptors (Lipinski definition) is 9. The van der Waals surface area contributed by atoms with Gasteiger partial charge in [-0.3, -0.25) is 9.88 Å². The fourth-order valence-corrected chi connectivity index (χ4v) is 4.31. The lowest BCUT2D eigenvalue weighted by Crippen LogP contribution is -2.40. The molecule has 1 aliphatic rings. The average molecular weight is 511 g/mol. The predicted octanol–water partition coefficient (Wildman–Crippen LogP) is 4.39. The van der Waals surface area contributed by atoms with Crippen molar-refractivity contribution in [1.82, 2.24) is 4.98 Å². The van der Waals surface area contributed by atoms with E-state index >= 15 is 0 Å². The van der Waals surface area contributed by atoms with Gasteiger partial charge in [-0.15, -0.1) is 0 Å². The number of rotatable bonds is 6. The number of allylic oxidation sites excluding steroid dienone is 1. The Balaban J connectivity index is 1.90. The van der Waals surface area contributed by atoms with Crippen LogP contribution in [0.15, 0.2) is 89.5 Å². The fourth-order valence-electron chi connectivity index (χ4n) is 4.31. The van der Waals surface area contributed by atoms with E-state index in [-0.39, 0.29) is 22.7 Å². The number of aryl methyl sites for hydroxylation is 2. The number of ether oxygens (including phenoxy) is 3. The second-order valence-corrected chi connectivity index (χ2v) is 8.52. The highest BCUT2D eigenvalue weighted by atomic mass is 16.5. The van der Waals surface area contributed by atoms with Crippen molar-refractivity contribution in [2.24, 2.45) is 5.73 Å². The molecule has 0 fully saturated rings. The third-order valence-electron chi connectivity index (χ3n) is 6.14. The molecular formula is C29H26N4O5. The highest BCUT2D eigenvalue weighted by molar-refractivity contribution is 6.06. The molecule has 1 unspecified atom stereocenters. The molecule has 0 bridgehead atoms. The smallest absolute Gasteiger partial charge is 0.355 e. The largest absolute Gasteiger partial charge is 0.466 e. The lowest BCUT2D eigenvalue weighted by Gasteiger charge is -2.36. The SMILES string of the molecule is COC(=O)C1=C(C(=O)OC)N(c2ccc(Oc3ccc(C)nc3)c(C)c2)C(N)=C(C#N)C1c1ccccc1. The topological polar surface area (TPSA) is 128 Å². The Bertz CT molecular complexity index is 1490. The lowest BCUT2D eigenvalue weighted by atomic mass is 9.81. The maximum atomic E-state index is 13.2. The average Bonchev–Trinajstić information content (AvgIpc) is 2.94. The highest BCUT2D eigenvalue weighted by Gasteiger charge is 2.43. The zero-order valence-electron chi connectivity index (χ0n) is 21.4. The van der Waals surface area contributed by atoms with Crippen molar-refractivity contribution in [2.45, 2.75) is 19.8 Å². The zero-order chi connectivity index (χ0) is 27.4. The van der Waals surface area contributed by atoms with Crippen LogP contribution in [-0.4, -0.2) is 31.1 Å². The van der Waals surface area contributed by atoms with E-state index in [9.17, 15) is 14.9 Å². The molecule has 2 heterocycles. The van der Waals surface area contributed by atoms with Gasteiger partial charge in [0.15, 0.2) is 0 Å². The standard InChI is InChI=1S/C29H26N4O5/c1-17-14-20(11-13-23(17)38-21-12-10-18(2)32-16-21)33-26(29(35)37-4)25(28(34)36-3)24(22(15-30)27(33)31)19-8-6-5-7-9-19/h5-14,16,24H,31H2,1-4H3. The Morgan fingerprint density at radius 3 is 2.29 bits per heavy atom. The second-order valence-electron chi connectivity index (χ2n) is 8.52. The third kappa shape index (κ3) is 4.80. The van der Waals surface area contributed by atoms with Crippen molar-refractivity contribution in [3.05, 3.63) is 106 Å². The van der Waals surface area contributed by atoms with Crippen LogP contribution in [0, 0.1) is 25.2 Å². The summed E-state index contributed by atoms with van der Waals surface area (Å²) < 4.78 is 16.1. The molecule has 9 heteroatoms. The van der Waals surface area contributed by atoms with Gasteiger partial charge in [-0.25, -0.2) is 9.59 Å². The van der Waals surface area contributed by atoms with Crippen LogP contribution >= 0.6 is 0 Å². The third-order valence-corrected chi connectivity index (χ3v) is 6.14. The van der Waals surface area contributed by atoms with Crippen LogP contribution < -0.4 is 15.4 Å². The van der Waals surface area contributed by atoms with E-state index in [1.165, 1.54) is 19.1 Å². The van der Waals surface area contributed by atoms with Crippen LogP contribution in [-0.2, 0) is 19.1 Å². The molecule has 9 nitrogen and oxygen atoms in total. The first kappa shape index (κ1) is 26.0. The molecule has 2 N–H and O–H groups in total. The summed E-state index contributed by atoms with van der Waals surface area (Å²) in [6, 6.07) is 19.7. The van der Waals surface area contributed by atoms with E-state index < -0.39 is 17.9 Å². The molecule has 0 spiro atoms. The number of esters is 2. The fraction of sp³-hybridized carbons (Fsp3) is 0.172. The quantitative estimate of drug-likeness (QED) is 0.480. The Hall–Kier alpha value is -5.10. The van der Waals surface area contributed by atoms with E-state index in [0.717, 1.165) is 5.69 Å². The first-order chi connectivity index (χ1) is 18.3. The summed E-state index contributed by atoms with van der Waals surface area (Å²) in [7, 11) is 2.41. The summed E-state index contributed by atoms with van der Waals surface area (Å²) in [6.45, 7) is 3.71. The van der Waals surface area contributed by atoms with E-state index in [1.807, 2.05) is 26.0 Å². The first-order valence-electron chi connectivity index (χ1n) is 11.7. The van der Waals surface area contributed by atoms with Gasteiger partial charge in [0.1, 0.15) is 23.0 Å². The number of pyridine rings is 1.